The Hall–Kier alpha value is -5.41. The van der Waals surface area contributed by atoms with Gasteiger partial charge in [0.1, 0.15) is 0 Å². The fourth-order valence-electron chi connectivity index (χ4n) is 5.74. The van der Waals surface area contributed by atoms with E-state index < -0.39 is 0 Å². The molecule has 0 saturated carbocycles. The summed E-state index contributed by atoms with van der Waals surface area (Å²) in [6.45, 7) is 0. The van der Waals surface area contributed by atoms with Crippen molar-refractivity contribution in [2.75, 3.05) is 0 Å². The van der Waals surface area contributed by atoms with Crippen molar-refractivity contribution in [1.29, 1.82) is 0 Å². The topological polar surface area (TPSA) is 38.7 Å². The van der Waals surface area contributed by atoms with Gasteiger partial charge in [0.25, 0.3) is 0 Å². The van der Waals surface area contributed by atoms with Crippen LogP contribution in [0.4, 0.5) is 0 Å². The van der Waals surface area contributed by atoms with Crippen LogP contribution < -0.4 is 0 Å². The summed E-state index contributed by atoms with van der Waals surface area (Å²) in [5.74, 6) is 2.01. The second-order valence-corrected chi connectivity index (χ2v) is 10.1. The molecule has 0 atom stereocenters. The molecular formula is C37H23N3. The van der Waals surface area contributed by atoms with Gasteiger partial charge in [0.05, 0.1) is 0 Å². The van der Waals surface area contributed by atoms with E-state index in [-0.39, 0.29) is 0 Å². The van der Waals surface area contributed by atoms with Crippen LogP contribution in [0, 0.1) is 0 Å². The molecule has 186 valence electrons. The number of rotatable bonds is 4. The van der Waals surface area contributed by atoms with Crippen LogP contribution in [-0.4, -0.2) is 15.0 Å². The molecule has 0 N–H and O–H groups in total. The lowest BCUT2D eigenvalue weighted by Gasteiger charge is -2.11. The van der Waals surface area contributed by atoms with Crippen molar-refractivity contribution in [3.8, 4) is 67.5 Å². The molecule has 8 rings (SSSR count). The second-order valence-electron chi connectivity index (χ2n) is 10.1. The van der Waals surface area contributed by atoms with Gasteiger partial charge in [-0.3, -0.25) is 0 Å². The van der Waals surface area contributed by atoms with Crippen molar-refractivity contribution in [3.05, 3.63) is 140 Å². The summed E-state index contributed by atoms with van der Waals surface area (Å²) >= 11 is 0. The van der Waals surface area contributed by atoms with Gasteiger partial charge in [-0.15, -0.1) is 0 Å². The van der Waals surface area contributed by atoms with Crippen LogP contribution in [0.1, 0.15) is 0 Å². The maximum absolute atomic E-state index is 5.00. The van der Waals surface area contributed by atoms with Gasteiger partial charge in [-0.25, -0.2) is 15.0 Å². The minimum Gasteiger partial charge on any atom is -0.208 e. The average molecular weight is 510 g/mol. The second kappa shape index (κ2) is 9.11. The summed E-state index contributed by atoms with van der Waals surface area (Å²) in [7, 11) is 0. The van der Waals surface area contributed by atoms with Crippen LogP contribution in [0.15, 0.2) is 140 Å². The van der Waals surface area contributed by atoms with E-state index in [1.165, 1.54) is 44.2 Å². The molecule has 6 aromatic carbocycles. The zero-order valence-electron chi connectivity index (χ0n) is 21.6. The molecule has 7 aromatic rings. The lowest BCUT2D eigenvalue weighted by molar-refractivity contribution is 1.07. The van der Waals surface area contributed by atoms with E-state index in [1.54, 1.807) is 0 Å². The van der Waals surface area contributed by atoms with E-state index in [1.807, 2.05) is 60.7 Å². The molecule has 1 heterocycles. The number of fused-ring (bicyclic) bond motifs is 3. The minimum absolute atomic E-state index is 0.668. The van der Waals surface area contributed by atoms with Gasteiger partial charge in [-0.2, -0.15) is 0 Å². The first-order valence-electron chi connectivity index (χ1n) is 13.5. The van der Waals surface area contributed by atoms with Crippen molar-refractivity contribution in [2.45, 2.75) is 0 Å². The standard InChI is InChI=1S/C37H23N3/c1-4-11-24(12-5-1)27-19-20-30-31-18-10-17-28-21-29(23-33(34(28)31)32(30)22-27)37-39-35(25-13-6-2-7-14-25)38-36(40-37)26-15-8-3-9-16-26/h1-23H. The molecule has 3 heteroatoms. The van der Waals surface area contributed by atoms with E-state index in [4.69, 9.17) is 15.0 Å². The van der Waals surface area contributed by atoms with Gasteiger partial charge in [0.15, 0.2) is 17.5 Å². The smallest absolute Gasteiger partial charge is 0.164 e. The quantitative estimate of drug-likeness (QED) is 0.237. The number of benzene rings is 6. The van der Waals surface area contributed by atoms with Crippen molar-refractivity contribution in [3.63, 3.8) is 0 Å². The summed E-state index contributed by atoms with van der Waals surface area (Å²) < 4.78 is 0. The first kappa shape index (κ1) is 22.6. The third-order valence-electron chi connectivity index (χ3n) is 7.64. The highest BCUT2D eigenvalue weighted by Gasteiger charge is 2.23. The van der Waals surface area contributed by atoms with Crippen molar-refractivity contribution >= 4 is 10.8 Å². The molecule has 1 aliphatic rings. The molecule has 0 spiro atoms. The van der Waals surface area contributed by atoms with Gasteiger partial charge in [0, 0.05) is 16.7 Å². The molecule has 0 bridgehead atoms. The summed E-state index contributed by atoms with van der Waals surface area (Å²) in [5.41, 5.74) is 10.3. The Morgan fingerprint density at radius 2 is 0.850 bits per heavy atom. The molecule has 40 heavy (non-hydrogen) atoms. The van der Waals surface area contributed by atoms with Gasteiger partial charge in [-0.05, 0) is 62.4 Å². The third-order valence-corrected chi connectivity index (χ3v) is 7.64. The van der Waals surface area contributed by atoms with Crippen LogP contribution in [0.3, 0.4) is 0 Å². The van der Waals surface area contributed by atoms with Crippen LogP contribution in [0.5, 0.6) is 0 Å². The zero-order chi connectivity index (χ0) is 26.5. The molecule has 3 nitrogen and oxygen atoms in total. The molecule has 1 aromatic heterocycles. The summed E-state index contributed by atoms with van der Waals surface area (Å²) in [6, 6.07) is 48.6. The monoisotopic (exact) mass is 509 g/mol. The maximum atomic E-state index is 5.00. The van der Waals surface area contributed by atoms with Crippen molar-refractivity contribution in [2.24, 2.45) is 0 Å². The van der Waals surface area contributed by atoms with E-state index in [2.05, 4.69) is 78.9 Å². The highest BCUT2D eigenvalue weighted by Crippen LogP contribution is 2.49. The van der Waals surface area contributed by atoms with Crippen molar-refractivity contribution < 1.29 is 0 Å². The van der Waals surface area contributed by atoms with E-state index in [9.17, 15) is 0 Å². The van der Waals surface area contributed by atoms with Gasteiger partial charge in [0.2, 0.25) is 0 Å². The summed E-state index contributed by atoms with van der Waals surface area (Å²) in [5, 5.41) is 2.47. The molecule has 0 fully saturated rings. The van der Waals surface area contributed by atoms with E-state index >= 15 is 0 Å². The number of hydrogen-bond donors (Lipinski definition) is 0. The van der Waals surface area contributed by atoms with Crippen LogP contribution in [0.2, 0.25) is 0 Å². The zero-order valence-corrected chi connectivity index (χ0v) is 21.6. The van der Waals surface area contributed by atoms with Crippen LogP contribution in [-0.2, 0) is 0 Å². The number of nitrogens with zero attached hydrogens (tertiary/aromatic N) is 3. The number of aromatic nitrogens is 3. The fraction of sp³-hybridized carbons (Fsp3) is 0. The molecule has 0 saturated heterocycles. The largest absolute Gasteiger partial charge is 0.208 e. The molecule has 0 aliphatic heterocycles. The van der Waals surface area contributed by atoms with Gasteiger partial charge >= 0.3 is 0 Å². The SMILES string of the molecule is c1ccc(-c2ccc3c(c2)-c2cc(-c4nc(-c5ccccc5)nc(-c5ccccc5)n4)cc4cccc-3c24)cc1. The molecule has 0 radical (unpaired) electrons. The van der Waals surface area contributed by atoms with Gasteiger partial charge < -0.3 is 0 Å². The van der Waals surface area contributed by atoms with Crippen LogP contribution in [0.25, 0.3) is 78.3 Å². The van der Waals surface area contributed by atoms with Crippen LogP contribution >= 0.6 is 0 Å². The Bertz CT molecular complexity index is 1970. The fourth-order valence-corrected chi connectivity index (χ4v) is 5.74. The Kier molecular flexibility index (Phi) is 5.14. The summed E-state index contributed by atoms with van der Waals surface area (Å²) in [4.78, 5) is 14.9. The molecule has 0 amide bonds. The molecule has 1 aliphatic carbocycles. The minimum atomic E-state index is 0.668. The third kappa shape index (κ3) is 3.71. The first-order chi connectivity index (χ1) is 19.8. The predicted molar refractivity (Wildman–Crippen MR) is 164 cm³/mol. The molecule has 0 unspecified atom stereocenters. The average Bonchev–Trinajstić information content (AvgIpc) is 3.36. The van der Waals surface area contributed by atoms with Crippen molar-refractivity contribution in [1.82, 2.24) is 15.0 Å². The Balaban J connectivity index is 1.35. The van der Waals surface area contributed by atoms with E-state index in [0.717, 1.165) is 16.7 Å². The number of hydrogen-bond acceptors (Lipinski definition) is 3. The first-order valence-corrected chi connectivity index (χ1v) is 13.5. The Labute approximate surface area is 232 Å². The molecular weight excluding hydrogens is 486 g/mol. The predicted octanol–water partition coefficient (Wildman–Crippen LogP) is 9.34. The highest BCUT2D eigenvalue weighted by molar-refractivity contribution is 6.16. The van der Waals surface area contributed by atoms with Gasteiger partial charge in [-0.1, -0.05) is 121 Å². The van der Waals surface area contributed by atoms with E-state index in [0.29, 0.717) is 17.5 Å². The highest BCUT2D eigenvalue weighted by atomic mass is 15.0. The lowest BCUT2D eigenvalue weighted by atomic mass is 9.96. The Morgan fingerprint density at radius 1 is 0.300 bits per heavy atom. The lowest BCUT2D eigenvalue weighted by Crippen LogP contribution is -2.00. The maximum Gasteiger partial charge on any atom is 0.164 e. The Morgan fingerprint density at radius 3 is 1.48 bits per heavy atom. The summed E-state index contributed by atoms with van der Waals surface area (Å²) in [6.07, 6.45) is 0. The normalized spacial score (nSPS) is 11.5.